The van der Waals surface area contributed by atoms with Crippen molar-refractivity contribution in [2.24, 2.45) is 5.92 Å². The van der Waals surface area contributed by atoms with Crippen molar-refractivity contribution >= 4 is 0 Å². The first kappa shape index (κ1) is 21.3. The van der Waals surface area contributed by atoms with Gasteiger partial charge < -0.3 is 9.47 Å². The highest BCUT2D eigenvalue weighted by Gasteiger charge is 2.37. The van der Waals surface area contributed by atoms with Crippen molar-refractivity contribution in [2.75, 3.05) is 0 Å². The first-order chi connectivity index (χ1) is 16.2. The number of rotatable bonds is 6. The molecule has 0 atom stereocenters. The van der Waals surface area contributed by atoms with Gasteiger partial charge in [-0.05, 0) is 91.3 Å². The molecular formula is C31H30O2. The van der Waals surface area contributed by atoms with E-state index in [1.165, 1.54) is 24.0 Å². The molecule has 4 aromatic carbocycles. The summed E-state index contributed by atoms with van der Waals surface area (Å²) in [4.78, 5) is 0. The molecule has 166 valence electrons. The molecule has 2 heteroatoms. The SMILES string of the molecule is CC1CCC(c2ccc(Oc3ccccc3)cc2)(c2ccc(Oc3ccccc3)cc2)CC1. The zero-order valence-electron chi connectivity index (χ0n) is 19.1. The van der Waals surface area contributed by atoms with Crippen molar-refractivity contribution in [3.8, 4) is 23.0 Å². The van der Waals surface area contributed by atoms with Crippen LogP contribution in [0, 0.1) is 5.92 Å². The minimum absolute atomic E-state index is 0.0308. The highest BCUT2D eigenvalue weighted by Crippen LogP contribution is 2.47. The zero-order chi connectivity index (χ0) is 22.5. The Morgan fingerprint density at radius 2 is 0.879 bits per heavy atom. The predicted octanol–water partition coefficient (Wildman–Crippen LogP) is 8.77. The van der Waals surface area contributed by atoms with Crippen molar-refractivity contribution in [3.05, 3.63) is 120 Å². The lowest BCUT2D eigenvalue weighted by atomic mass is 9.63. The van der Waals surface area contributed by atoms with Crippen LogP contribution in [0.5, 0.6) is 23.0 Å². The Labute approximate surface area is 196 Å². The van der Waals surface area contributed by atoms with Gasteiger partial charge in [0.05, 0.1) is 0 Å². The van der Waals surface area contributed by atoms with Gasteiger partial charge in [0.15, 0.2) is 0 Å². The number of hydrogen-bond acceptors (Lipinski definition) is 2. The molecule has 1 aliphatic carbocycles. The van der Waals surface area contributed by atoms with E-state index >= 15 is 0 Å². The molecule has 0 heterocycles. The van der Waals surface area contributed by atoms with Crippen molar-refractivity contribution in [2.45, 2.75) is 38.0 Å². The van der Waals surface area contributed by atoms with Crippen LogP contribution >= 0.6 is 0 Å². The van der Waals surface area contributed by atoms with Gasteiger partial charge in [0, 0.05) is 5.41 Å². The van der Waals surface area contributed by atoms with Gasteiger partial charge in [0.1, 0.15) is 23.0 Å². The molecular weight excluding hydrogens is 404 g/mol. The first-order valence-corrected chi connectivity index (χ1v) is 11.9. The van der Waals surface area contributed by atoms with Crippen LogP contribution in [0.15, 0.2) is 109 Å². The lowest BCUT2D eigenvalue weighted by molar-refractivity contribution is 0.280. The summed E-state index contributed by atoms with van der Waals surface area (Å²) in [5, 5.41) is 0. The topological polar surface area (TPSA) is 18.5 Å². The second kappa shape index (κ2) is 9.54. The predicted molar refractivity (Wildman–Crippen MR) is 134 cm³/mol. The van der Waals surface area contributed by atoms with Gasteiger partial charge in [-0.3, -0.25) is 0 Å². The number of ether oxygens (including phenoxy) is 2. The fraction of sp³-hybridized carbons (Fsp3) is 0.226. The molecule has 1 fully saturated rings. The molecule has 2 nitrogen and oxygen atoms in total. The Morgan fingerprint density at radius 3 is 1.27 bits per heavy atom. The second-order valence-corrected chi connectivity index (χ2v) is 9.14. The summed E-state index contributed by atoms with van der Waals surface area (Å²) in [5.41, 5.74) is 2.77. The van der Waals surface area contributed by atoms with E-state index in [9.17, 15) is 0 Å². The fourth-order valence-electron chi connectivity index (χ4n) is 4.93. The van der Waals surface area contributed by atoms with E-state index in [4.69, 9.17) is 9.47 Å². The summed E-state index contributed by atoms with van der Waals surface area (Å²) in [5.74, 6) is 4.24. The summed E-state index contributed by atoms with van der Waals surface area (Å²) < 4.78 is 12.1. The first-order valence-electron chi connectivity index (χ1n) is 11.9. The zero-order valence-corrected chi connectivity index (χ0v) is 19.1. The Hall–Kier alpha value is -3.52. The minimum atomic E-state index is 0.0308. The average molecular weight is 435 g/mol. The maximum absolute atomic E-state index is 6.03. The summed E-state index contributed by atoms with van der Waals surface area (Å²) in [7, 11) is 0. The van der Waals surface area contributed by atoms with Crippen LogP contribution in [0.1, 0.15) is 43.7 Å². The maximum Gasteiger partial charge on any atom is 0.127 e. The van der Waals surface area contributed by atoms with E-state index in [0.29, 0.717) is 0 Å². The van der Waals surface area contributed by atoms with E-state index in [0.717, 1.165) is 41.8 Å². The lowest BCUT2D eigenvalue weighted by Gasteiger charge is -2.41. The number of para-hydroxylation sites is 2. The van der Waals surface area contributed by atoms with Crippen LogP contribution in [0.3, 0.4) is 0 Å². The van der Waals surface area contributed by atoms with Gasteiger partial charge in [-0.2, -0.15) is 0 Å². The van der Waals surface area contributed by atoms with Crippen molar-refractivity contribution in [3.63, 3.8) is 0 Å². The normalized spacial score (nSPS) is 15.7. The standard InChI is InChI=1S/C31H30O2/c1-24-20-22-31(23-21-24,25-12-16-29(17-13-25)32-27-8-4-2-5-9-27)26-14-18-30(19-15-26)33-28-10-6-3-7-11-28/h2-19,24H,20-23H2,1H3. The Balaban J connectivity index is 1.41. The van der Waals surface area contributed by atoms with Gasteiger partial charge in [0.25, 0.3) is 0 Å². The van der Waals surface area contributed by atoms with Gasteiger partial charge in [-0.1, -0.05) is 67.6 Å². The molecule has 0 unspecified atom stereocenters. The molecule has 1 aliphatic rings. The van der Waals surface area contributed by atoms with Gasteiger partial charge in [-0.25, -0.2) is 0 Å². The molecule has 1 saturated carbocycles. The van der Waals surface area contributed by atoms with Crippen LogP contribution in [0.25, 0.3) is 0 Å². The quantitative estimate of drug-likeness (QED) is 0.302. The molecule has 0 bridgehead atoms. The molecule has 5 rings (SSSR count). The van der Waals surface area contributed by atoms with Crippen molar-refractivity contribution in [1.29, 1.82) is 0 Å². The highest BCUT2D eigenvalue weighted by atomic mass is 16.5. The van der Waals surface area contributed by atoms with Crippen LogP contribution in [0.4, 0.5) is 0 Å². The summed E-state index contributed by atoms with van der Waals surface area (Å²) >= 11 is 0. The van der Waals surface area contributed by atoms with Crippen LogP contribution in [-0.2, 0) is 5.41 Å². The second-order valence-electron chi connectivity index (χ2n) is 9.14. The molecule has 4 aromatic rings. The molecule has 0 saturated heterocycles. The summed E-state index contributed by atoms with van der Waals surface area (Å²) in [6.45, 7) is 2.37. The molecule has 0 radical (unpaired) electrons. The molecule has 0 aliphatic heterocycles. The Kier molecular flexibility index (Phi) is 6.17. The molecule has 0 amide bonds. The number of hydrogen-bond donors (Lipinski definition) is 0. The van der Waals surface area contributed by atoms with E-state index in [2.05, 4.69) is 55.5 Å². The molecule has 0 N–H and O–H groups in total. The average Bonchev–Trinajstić information content (AvgIpc) is 2.87. The Bertz CT molecular complexity index is 1050. The van der Waals surface area contributed by atoms with Crippen LogP contribution < -0.4 is 9.47 Å². The largest absolute Gasteiger partial charge is 0.457 e. The van der Waals surface area contributed by atoms with Crippen LogP contribution in [-0.4, -0.2) is 0 Å². The molecule has 33 heavy (non-hydrogen) atoms. The van der Waals surface area contributed by atoms with Crippen molar-refractivity contribution < 1.29 is 9.47 Å². The van der Waals surface area contributed by atoms with Crippen LogP contribution in [0.2, 0.25) is 0 Å². The van der Waals surface area contributed by atoms with Crippen molar-refractivity contribution in [1.82, 2.24) is 0 Å². The van der Waals surface area contributed by atoms with Gasteiger partial charge in [-0.15, -0.1) is 0 Å². The third kappa shape index (κ3) is 4.80. The Morgan fingerprint density at radius 1 is 0.515 bits per heavy atom. The van der Waals surface area contributed by atoms with E-state index in [1.807, 2.05) is 60.7 Å². The van der Waals surface area contributed by atoms with E-state index < -0.39 is 0 Å². The third-order valence-electron chi connectivity index (χ3n) is 6.90. The van der Waals surface area contributed by atoms with E-state index in [1.54, 1.807) is 0 Å². The highest BCUT2D eigenvalue weighted by molar-refractivity contribution is 5.45. The fourth-order valence-corrected chi connectivity index (χ4v) is 4.93. The smallest absolute Gasteiger partial charge is 0.127 e. The van der Waals surface area contributed by atoms with Gasteiger partial charge in [0.2, 0.25) is 0 Å². The molecule has 0 aromatic heterocycles. The third-order valence-corrected chi connectivity index (χ3v) is 6.90. The minimum Gasteiger partial charge on any atom is -0.457 e. The molecule has 0 spiro atoms. The number of benzene rings is 4. The van der Waals surface area contributed by atoms with Gasteiger partial charge >= 0.3 is 0 Å². The lowest BCUT2D eigenvalue weighted by Crippen LogP contribution is -2.32. The summed E-state index contributed by atoms with van der Waals surface area (Å²) in [6, 6.07) is 37.3. The maximum atomic E-state index is 6.03. The summed E-state index contributed by atoms with van der Waals surface area (Å²) in [6.07, 6.45) is 4.80. The van der Waals surface area contributed by atoms with E-state index in [-0.39, 0.29) is 5.41 Å². The monoisotopic (exact) mass is 434 g/mol.